The summed E-state index contributed by atoms with van der Waals surface area (Å²) in [7, 11) is 1.68. The van der Waals surface area contributed by atoms with E-state index in [9.17, 15) is 0 Å². The molecule has 3 heteroatoms. The van der Waals surface area contributed by atoms with Crippen molar-refractivity contribution in [2.45, 2.75) is 19.4 Å². The molecule has 0 bridgehead atoms. The molecule has 18 heavy (non-hydrogen) atoms. The molecular formula is C15H19NO2. The number of hydrogen-bond acceptors (Lipinski definition) is 3. The summed E-state index contributed by atoms with van der Waals surface area (Å²) in [5.41, 5.74) is 1.30. The van der Waals surface area contributed by atoms with Crippen molar-refractivity contribution < 1.29 is 9.15 Å². The van der Waals surface area contributed by atoms with Gasteiger partial charge >= 0.3 is 0 Å². The van der Waals surface area contributed by atoms with Gasteiger partial charge in [-0.2, -0.15) is 0 Å². The second kappa shape index (κ2) is 6.26. The fourth-order valence-electron chi connectivity index (χ4n) is 1.86. The van der Waals surface area contributed by atoms with E-state index >= 15 is 0 Å². The molecule has 0 saturated carbocycles. The van der Waals surface area contributed by atoms with Crippen LogP contribution in [0.3, 0.4) is 0 Å². The first-order valence-corrected chi connectivity index (χ1v) is 6.19. The van der Waals surface area contributed by atoms with Crippen molar-refractivity contribution in [1.29, 1.82) is 0 Å². The Kier molecular flexibility index (Phi) is 4.42. The van der Waals surface area contributed by atoms with Gasteiger partial charge < -0.3 is 14.5 Å². The Bertz CT molecular complexity index is 448. The number of methoxy groups -OCH3 is 1. The molecule has 0 amide bonds. The molecule has 0 saturated heterocycles. The zero-order valence-electron chi connectivity index (χ0n) is 10.8. The van der Waals surface area contributed by atoms with Gasteiger partial charge in [-0.25, -0.2) is 0 Å². The summed E-state index contributed by atoms with van der Waals surface area (Å²) in [4.78, 5) is 0. The summed E-state index contributed by atoms with van der Waals surface area (Å²) in [6.07, 6.45) is 2.70. The minimum Gasteiger partial charge on any atom is -0.497 e. The topological polar surface area (TPSA) is 34.4 Å². The van der Waals surface area contributed by atoms with Gasteiger partial charge in [0.05, 0.1) is 19.4 Å². The lowest BCUT2D eigenvalue weighted by Crippen LogP contribution is -2.20. The standard InChI is InChI=1S/C15H19NO2/c1-12(15-4-3-11-18-15)16-10-9-13-5-7-14(17-2)8-6-13/h3-8,11-12,16H,9-10H2,1-2H3/t12-/m0/s1. The number of hydrogen-bond donors (Lipinski definition) is 1. The van der Waals surface area contributed by atoms with Gasteiger partial charge in [0, 0.05) is 0 Å². The second-order valence-electron chi connectivity index (χ2n) is 4.29. The van der Waals surface area contributed by atoms with Crippen molar-refractivity contribution in [3.8, 4) is 5.75 Å². The molecule has 96 valence electrons. The van der Waals surface area contributed by atoms with Crippen molar-refractivity contribution in [2.24, 2.45) is 0 Å². The molecule has 0 radical (unpaired) electrons. The van der Waals surface area contributed by atoms with Crippen LogP contribution in [0.2, 0.25) is 0 Å². The largest absolute Gasteiger partial charge is 0.497 e. The molecule has 1 heterocycles. The van der Waals surface area contributed by atoms with Gasteiger partial charge in [0.1, 0.15) is 11.5 Å². The van der Waals surface area contributed by atoms with Gasteiger partial charge in [0.25, 0.3) is 0 Å². The van der Waals surface area contributed by atoms with Gasteiger partial charge in [-0.05, 0) is 49.7 Å². The van der Waals surface area contributed by atoms with Gasteiger partial charge in [-0.3, -0.25) is 0 Å². The molecule has 0 unspecified atom stereocenters. The van der Waals surface area contributed by atoms with E-state index in [-0.39, 0.29) is 6.04 Å². The summed E-state index contributed by atoms with van der Waals surface area (Å²) in [5, 5.41) is 3.44. The van der Waals surface area contributed by atoms with Gasteiger partial charge in [0.15, 0.2) is 0 Å². The summed E-state index contributed by atoms with van der Waals surface area (Å²) in [5.74, 6) is 1.88. The molecule has 1 atom stereocenters. The van der Waals surface area contributed by atoms with E-state index < -0.39 is 0 Å². The quantitative estimate of drug-likeness (QED) is 0.848. The molecule has 0 aliphatic rings. The number of ether oxygens (including phenoxy) is 1. The molecule has 2 aromatic rings. The summed E-state index contributed by atoms with van der Waals surface area (Å²) < 4.78 is 10.5. The Morgan fingerprint density at radius 3 is 2.61 bits per heavy atom. The first kappa shape index (κ1) is 12.7. The van der Waals surface area contributed by atoms with E-state index in [2.05, 4.69) is 24.4 Å². The van der Waals surface area contributed by atoms with E-state index in [1.54, 1.807) is 13.4 Å². The lowest BCUT2D eigenvalue weighted by atomic mass is 10.1. The Balaban J connectivity index is 1.77. The minimum atomic E-state index is 0.248. The van der Waals surface area contributed by atoms with Crippen LogP contribution in [0.1, 0.15) is 24.3 Å². The Morgan fingerprint density at radius 1 is 1.22 bits per heavy atom. The molecule has 0 spiro atoms. The summed E-state index contributed by atoms with van der Waals surface area (Å²) in [6.45, 7) is 3.03. The van der Waals surface area contributed by atoms with Crippen molar-refractivity contribution in [1.82, 2.24) is 5.32 Å². The highest BCUT2D eigenvalue weighted by atomic mass is 16.5. The maximum Gasteiger partial charge on any atom is 0.120 e. The highest BCUT2D eigenvalue weighted by Crippen LogP contribution is 2.13. The van der Waals surface area contributed by atoms with Crippen molar-refractivity contribution in [3.05, 3.63) is 54.0 Å². The molecule has 3 nitrogen and oxygen atoms in total. The first-order chi connectivity index (χ1) is 8.79. The van der Waals surface area contributed by atoms with E-state index in [1.165, 1.54) is 5.56 Å². The number of furan rings is 1. The maximum absolute atomic E-state index is 5.35. The van der Waals surface area contributed by atoms with Gasteiger partial charge in [0.2, 0.25) is 0 Å². The molecule has 1 N–H and O–H groups in total. The molecule has 0 aliphatic carbocycles. The highest BCUT2D eigenvalue weighted by Gasteiger charge is 2.06. The van der Waals surface area contributed by atoms with E-state index in [1.807, 2.05) is 24.3 Å². The summed E-state index contributed by atoms with van der Waals surface area (Å²) in [6, 6.07) is 12.3. The van der Waals surface area contributed by atoms with Crippen LogP contribution in [0, 0.1) is 0 Å². The average Bonchev–Trinajstić information content (AvgIpc) is 2.93. The van der Waals surface area contributed by atoms with Crippen LogP contribution in [-0.4, -0.2) is 13.7 Å². The number of nitrogens with one attached hydrogen (secondary N) is 1. The predicted octanol–water partition coefficient (Wildman–Crippen LogP) is 3.18. The zero-order chi connectivity index (χ0) is 12.8. The first-order valence-electron chi connectivity index (χ1n) is 6.19. The Hall–Kier alpha value is -1.74. The molecule has 0 aliphatic heterocycles. The smallest absolute Gasteiger partial charge is 0.120 e. The van der Waals surface area contributed by atoms with E-state index in [0.717, 1.165) is 24.5 Å². The number of benzene rings is 1. The van der Waals surface area contributed by atoms with Crippen LogP contribution in [0.5, 0.6) is 5.75 Å². The fourth-order valence-corrected chi connectivity index (χ4v) is 1.86. The van der Waals surface area contributed by atoms with Crippen LogP contribution in [0.15, 0.2) is 47.1 Å². The van der Waals surface area contributed by atoms with Crippen LogP contribution in [0.25, 0.3) is 0 Å². The van der Waals surface area contributed by atoms with Gasteiger partial charge in [-0.15, -0.1) is 0 Å². The average molecular weight is 245 g/mol. The van der Waals surface area contributed by atoms with Crippen LogP contribution < -0.4 is 10.1 Å². The van der Waals surface area contributed by atoms with Crippen LogP contribution >= 0.6 is 0 Å². The van der Waals surface area contributed by atoms with Crippen molar-refractivity contribution in [2.75, 3.05) is 13.7 Å². The molecular weight excluding hydrogens is 226 g/mol. The molecule has 2 rings (SSSR count). The lowest BCUT2D eigenvalue weighted by Gasteiger charge is -2.11. The highest BCUT2D eigenvalue weighted by molar-refractivity contribution is 5.27. The third-order valence-electron chi connectivity index (χ3n) is 2.99. The predicted molar refractivity (Wildman–Crippen MR) is 71.8 cm³/mol. The van der Waals surface area contributed by atoms with Crippen molar-refractivity contribution >= 4 is 0 Å². The molecule has 1 aromatic carbocycles. The third kappa shape index (κ3) is 3.37. The minimum absolute atomic E-state index is 0.248. The van der Waals surface area contributed by atoms with Crippen molar-refractivity contribution in [3.63, 3.8) is 0 Å². The third-order valence-corrected chi connectivity index (χ3v) is 2.99. The maximum atomic E-state index is 5.35. The monoisotopic (exact) mass is 245 g/mol. The zero-order valence-corrected chi connectivity index (χ0v) is 10.8. The molecule has 1 aromatic heterocycles. The van der Waals surface area contributed by atoms with E-state index in [0.29, 0.717) is 0 Å². The van der Waals surface area contributed by atoms with Crippen LogP contribution in [0.4, 0.5) is 0 Å². The van der Waals surface area contributed by atoms with Gasteiger partial charge in [-0.1, -0.05) is 12.1 Å². The summed E-state index contributed by atoms with van der Waals surface area (Å²) >= 11 is 0. The molecule has 0 fully saturated rings. The van der Waals surface area contributed by atoms with Crippen LogP contribution in [-0.2, 0) is 6.42 Å². The lowest BCUT2D eigenvalue weighted by molar-refractivity contribution is 0.414. The SMILES string of the molecule is COc1ccc(CCN[C@@H](C)c2ccco2)cc1. The Labute approximate surface area is 108 Å². The second-order valence-corrected chi connectivity index (χ2v) is 4.29. The Morgan fingerprint density at radius 2 is 2.00 bits per heavy atom. The fraction of sp³-hybridized carbons (Fsp3) is 0.333. The van der Waals surface area contributed by atoms with E-state index in [4.69, 9.17) is 9.15 Å². The number of rotatable bonds is 6. The normalized spacial score (nSPS) is 12.3.